The normalized spacial score (nSPS) is 15.7. The highest BCUT2D eigenvalue weighted by atomic mass is 35.5. The number of rotatable bonds is 3. The van der Waals surface area contributed by atoms with E-state index in [1.165, 1.54) is 6.20 Å². The van der Waals surface area contributed by atoms with Gasteiger partial charge in [0.2, 0.25) is 0 Å². The number of fused-ring (bicyclic) bond motifs is 1. The highest BCUT2D eigenvalue weighted by Crippen LogP contribution is 2.30. The predicted molar refractivity (Wildman–Crippen MR) is 109 cm³/mol. The minimum atomic E-state index is -0.104. The van der Waals surface area contributed by atoms with E-state index in [0.717, 1.165) is 31.7 Å². The third-order valence-corrected chi connectivity index (χ3v) is 4.48. The van der Waals surface area contributed by atoms with Crippen LogP contribution in [-0.4, -0.2) is 43.8 Å². The number of nitrogen functional groups attached to an aromatic ring is 1. The van der Waals surface area contributed by atoms with E-state index in [-0.39, 0.29) is 30.4 Å². The van der Waals surface area contributed by atoms with Gasteiger partial charge >= 0.3 is 0 Å². The quantitative estimate of drug-likeness (QED) is 0.596. The molecule has 5 N–H and O–H groups in total. The first-order valence-corrected chi connectivity index (χ1v) is 8.14. The standard InChI is InChI=1S/C16H20N8O.2ClH/c1-16(18)3-6-24(7-4-16)12-9-20-13-14(21-12)22-23-15(13)25-11-8-19-5-2-10(11)17;;/h2,5,8-9H,3-4,6-7,18H2,1H3,(H2,17,19)(H,21,22,23);2*1H. The van der Waals surface area contributed by atoms with Crippen LogP contribution in [0.4, 0.5) is 11.5 Å². The van der Waals surface area contributed by atoms with E-state index in [0.29, 0.717) is 28.5 Å². The summed E-state index contributed by atoms with van der Waals surface area (Å²) < 4.78 is 5.71. The van der Waals surface area contributed by atoms with Gasteiger partial charge in [-0.15, -0.1) is 29.9 Å². The third-order valence-electron chi connectivity index (χ3n) is 4.48. The van der Waals surface area contributed by atoms with Crippen LogP contribution in [0.3, 0.4) is 0 Å². The molecular formula is C16H22Cl2N8O. The number of anilines is 2. The Balaban J connectivity index is 0.00000131. The molecule has 146 valence electrons. The van der Waals surface area contributed by atoms with Gasteiger partial charge in [-0.3, -0.25) is 10.1 Å². The van der Waals surface area contributed by atoms with Gasteiger partial charge in [-0.1, -0.05) is 0 Å². The summed E-state index contributed by atoms with van der Waals surface area (Å²) in [5.41, 5.74) is 13.5. The Hall–Kier alpha value is -2.36. The number of hydrogen-bond donors (Lipinski definition) is 3. The number of nitrogens with zero attached hydrogens (tertiary/aromatic N) is 5. The number of H-pyrrole nitrogens is 1. The van der Waals surface area contributed by atoms with Crippen molar-refractivity contribution in [2.45, 2.75) is 25.3 Å². The third kappa shape index (κ3) is 4.32. The molecule has 1 aliphatic heterocycles. The van der Waals surface area contributed by atoms with Crippen LogP contribution in [0, 0.1) is 0 Å². The first kappa shape index (κ1) is 20.9. The highest BCUT2D eigenvalue weighted by Gasteiger charge is 2.27. The van der Waals surface area contributed by atoms with Crippen LogP contribution in [-0.2, 0) is 0 Å². The topological polar surface area (TPSA) is 132 Å². The number of ether oxygens (including phenoxy) is 1. The Kier molecular flexibility index (Phi) is 6.30. The Labute approximate surface area is 168 Å². The van der Waals surface area contributed by atoms with E-state index in [2.05, 4.69) is 37.0 Å². The van der Waals surface area contributed by atoms with Crippen molar-refractivity contribution >= 4 is 47.5 Å². The minimum absolute atomic E-state index is 0. The fraction of sp³-hybridized carbons (Fsp3) is 0.375. The lowest BCUT2D eigenvalue weighted by Gasteiger charge is -2.37. The average Bonchev–Trinajstić information content (AvgIpc) is 2.99. The number of hydrogen-bond acceptors (Lipinski definition) is 8. The van der Waals surface area contributed by atoms with Crippen LogP contribution >= 0.6 is 24.8 Å². The first-order valence-electron chi connectivity index (χ1n) is 8.14. The maximum atomic E-state index is 6.19. The number of aromatic nitrogens is 5. The van der Waals surface area contributed by atoms with E-state index >= 15 is 0 Å². The number of nitrogens with two attached hydrogens (primary N) is 2. The zero-order valence-electron chi connectivity index (χ0n) is 14.8. The number of piperidine rings is 1. The zero-order chi connectivity index (χ0) is 17.4. The molecule has 0 saturated carbocycles. The van der Waals surface area contributed by atoms with E-state index in [1.54, 1.807) is 18.5 Å². The SMILES string of the molecule is CC1(N)CCN(c2cnc3c(Oc4cnccc4N)n[nH]c3n2)CC1.Cl.Cl. The molecule has 0 radical (unpaired) electrons. The molecule has 0 bridgehead atoms. The summed E-state index contributed by atoms with van der Waals surface area (Å²) in [5.74, 6) is 1.56. The monoisotopic (exact) mass is 412 g/mol. The van der Waals surface area contributed by atoms with Crippen LogP contribution in [0.5, 0.6) is 11.6 Å². The van der Waals surface area contributed by atoms with Crippen LogP contribution in [0.1, 0.15) is 19.8 Å². The van der Waals surface area contributed by atoms with Gasteiger partial charge < -0.3 is 21.1 Å². The van der Waals surface area contributed by atoms with E-state index in [9.17, 15) is 0 Å². The second-order valence-electron chi connectivity index (χ2n) is 6.61. The van der Waals surface area contributed by atoms with E-state index < -0.39 is 0 Å². The molecule has 0 amide bonds. The predicted octanol–water partition coefficient (Wildman–Crippen LogP) is 2.28. The molecule has 4 heterocycles. The van der Waals surface area contributed by atoms with Crippen LogP contribution in [0.2, 0.25) is 0 Å². The largest absolute Gasteiger partial charge is 0.432 e. The summed E-state index contributed by atoms with van der Waals surface area (Å²) in [6.07, 6.45) is 6.71. The maximum absolute atomic E-state index is 6.19. The molecular weight excluding hydrogens is 391 g/mol. The molecule has 3 aromatic heterocycles. The molecule has 1 fully saturated rings. The van der Waals surface area contributed by atoms with Crippen molar-refractivity contribution in [3.8, 4) is 11.6 Å². The molecule has 0 unspecified atom stereocenters. The number of nitrogens with one attached hydrogen (secondary N) is 1. The van der Waals surface area contributed by atoms with Crippen molar-refractivity contribution in [2.75, 3.05) is 23.7 Å². The summed E-state index contributed by atoms with van der Waals surface area (Å²) in [7, 11) is 0. The lowest BCUT2D eigenvalue weighted by molar-refractivity contribution is 0.363. The summed E-state index contributed by atoms with van der Waals surface area (Å²) >= 11 is 0. The summed E-state index contributed by atoms with van der Waals surface area (Å²) in [6, 6.07) is 1.66. The number of pyridine rings is 1. The lowest BCUT2D eigenvalue weighted by atomic mass is 9.91. The van der Waals surface area contributed by atoms with Gasteiger partial charge in [-0.2, -0.15) is 0 Å². The van der Waals surface area contributed by atoms with Crippen molar-refractivity contribution in [2.24, 2.45) is 5.73 Å². The molecule has 11 heteroatoms. The van der Waals surface area contributed by atoms with Gasteiger partial charge in [0.1, 0.15) is 5.82 Å². The highest BCUT2D eigenvalue weighted by molar-refractivity contribution is 5.85. The molecule has 4 rings (SSSR count). The molecule has 9 nitrogen and oxygen atoms in total. The fourth-order valence-electron chi connectivity index (χ4n) is 2.82. The van der Waals surface area contributed by atoms with Gasteiger partial charge in [0, 0.05) is 24.8 Å². The summed E-state index contributed by atoms with van der Waals surface area (Å²) in [6.45, 7) is 3.80. The van der Waals surface area contributed by atoms with Crippen molar-refractivity contribution < 1.29 is 4.74 Å². The summed E-state index contributed by atoms with van der Waals surface area (Å²) in [4.78, 5) is 15.3. The van der Waals surface area contributed by atoms with Gasteiger partial charge in [0.25, 0.3) is 5.88 Å². The Morgan fingerprint density at radius 1 is 1.22 bits per heavy atom. The first-order chi connectivity index (χ1) is 12.0. The summed E-state index contributed by atoms with van der Waals surface area (Å²) in [5, 5.41) is 7.01. The Bertz CT molecular complexity index is 906. The second kappa shape index (κ2) is 8.12. The van der Waals surface area contributed by atoms with Crippen molar-refractivity contribution in [3.05, 3.63) is 24.7 Å². The van der Waals surface area contributed by atoms with Gasteiger partial charge in [0.05, 0.1) is 18.1 Å². The van der Waals surface area contributed by atoms with Crippen molar-refractivity contribution in [1.82, 2.24) is 25.1 Å². The molecule has 0 atom stereocenters. The molecule has 3 aromatic rings. The van der Waals surface area contributed by atoms with Crippen molar-refractivity contribution in [1.29, 1.82) is 0 Å². The molecule has 0 aliphatic carbocycles. The molecule has 1 saturated heterocycles. The Morgan fingerprint density at radius 2 is 1.96 bits per heavy atom. The zero-order valence-corrected chi connectivity index (χ0v) is 16.4. The van der Waals surface area contributed by atoms with Crippen molar-refractivity contribution in [3.63, 3.8) is 0 Å². The van der Waals surface area contributed by atoms with Crippen LogP contribution in [0.15, 0.2) is 24.7 Å². The smallest absolute Gasteiger partial charge is 0.266 e. The van der Waals surface area contributed by atoms with Gasteiger partial charge in [-0.25, -0.2) is 9.97 Å². The fourth-order valence-corrected chi connectivity index (χ4v) is 2.82. The van der Waals surface area contributed by atoms with Gasteiger partial charge in [-0.05, 0) is 25.8 Å². The second-order valence-corrected chi connectivity index (χ2v) is 6.61. The lowest BCUT2D eigenvalue weighted by Crippen LogP contribution is -2.48. The molecule has 27 heavy (non-hydrogen) atoms. The van der Waals surface area contributed by atoms with E-state index in [1.807, 2.05) is 0 Å². The van der Waals surface area contributed by atoms with E-state index in [4.69, 9.17) is 16.2 Å². The number of aromatic amines is 1. The van der Waals surface area contributed by atoms with Gasteiger partial charge in [0.15, 0.2) is 16.9 Å². The average molecular weight is 413 g/mol. The molecule has 0 spiro atoms. The van der Waals surface area contributed by atoms with Crippen LogP contribution in [0.25, 0.3) is 11.2 Å². The van der Waals surface area contributed by atoms with Crippen LogP contribution < -0.4 is 21.1 Å². The molecule has 0 aromatic carbocycles. The Morgan fingerprint density at radius 3 is 2.67 bits per heavy atom. The molecule has 1 aliphatic rings. The maximum Gasteiger partial charge on any atom is 0.266 e. The number of halogens is 2. The minimum Gasteiger partial charge on any atom is -0.432 e.